The molecule has 0 atom stereocenters. The summed E-state index contributed by atoms with van der Waals surface area (Å²) in [5.41, 5.74) is 4.17. The fraction of sp³-hybridized carbons (Fsp3) is 0.304. The first-order valence-corrected chi connectivity index (χ1v) is 9.77. The van der Waals surface area contributed by atoms with Gasteiger partial charge < -0.3 is 14.6 Å². The van der Waals surface area contributed by atoms with Gasteiger partial charge in [-0.15, -0.1) is 0 Å². The van der Waals surface area contributed by atoms with Gasteiger partial charge in [-0.2, -0.15) is 0 Å². The van der Waals surface area contributed by atoms with Gasteiger partial charge >= 0.3 is 0 Å². The summed E-state index contributed by atoms with van der Waals surface area (Å²) in [5, 5.41) is 2.92. The van der Waals surface area contributed by atoms with Crippen molar-refractivity contribution in [2.45, 2.75) is 39.2 Å². The smallest absolute Gasteiger partial charge is 0.262 e. The minimum atomic E-state index is -0.177. The molecule has 0 bridgehead atoms. The first-order valence-electron chi connectivity index (χ1n) is 9.77. The average molecular weight is 375 g/mol. The predicted molar refractivity (Wildman–Crippen MR) is 111 cm³/mol. The third-order valence-electron chi connectivity index (χ3n) is 5.08. The van der Waals surface area contributed by atoms with E-state index in [1.54, 1.807) is 0 Å². The second kappa shape index (κ2) is 7.89. The molecule has 0 radical (unpaired) electrons. The number of ether oxygens (including phenoxy) is 1. The molecule has 1 N–H and O–H groups in total. The number of benzene rings is 2. The SMILES string of the molecule is CC(C)c1ccc(OCC(=O)Nc2cccc(-c3cnc4n3CCC4)c2)cc1. The maximum Gasteiger partial charge on any atom is 0.262 e. The topological polar surface area (TPSA) is 56.1 Å². The Labute approximate surface area is 165 Å². The van der Waals surface area contributed by atoms with Gasteiger partial charge in [0.05, 0.1) is 11.9 Å². The molecule has 4 rings (SSSR count). The van der Waals surface area contributed by atoms with E-state index in [1.807, 2.05) is 54.7 Å². The lowest BCUT2D eigenvalue weighted by molar-refractivity contribution is -0.118. The number of hydrogen-bond donors (Lipinski definition) is 1. The molecule has 3 aromatic rings. The third-order valence-corrected chi connectivity index (χ3v) is 5.08. The molecule has 0 fully saturated rings. The molecule has 1 amide bonds. The summed E-state index contributed by atoms with van der Waals surface area (Å²) in [7, 11) is 0. The number of fused-ring (bicyclic) bond motifs is 1. The van der Waals surface area contributed by atoms with Crippen molar-refractivity contribution in [3.8, 4) is 17.0 Å². The van der Waals surface area contributed by atoms with E-state index in [1.165, 1.54) is 5.56 Å². The Morgan fingerprint density at radius 3 is 2.82 bits per heavy atom. The van der Waals surface area contributed by atoms with Gasteiger partial charge in [0.15, 0.2) is 6.61 Å². The van der Waals surface area contributed by atoms with Crippen molar-refractivity contribution in [2.75, 3.05) is 11.9 Å². The van der Waals surface area contributed by atoms with Gasteiger partial charge in [0.25, 0.3) is 5.91 Å². The van der Waals surface area contributed by atoms with Gasteiger partial charge in [-0.3, -0.25) is 4.79 Å². The first-order chi connectivity index (χ1) is 13.6. The van der Waals surface area contributed by atoms with Crippen LogP contribution in [0, 0.1) is 0 Å². The number of aromatic nitrogens is 2. The number of hydrogen-bond acceptors (Lipinski definition) is 3. The molecule has 2 heterocycles. The van der Waals surface area contributed by atoms with Gasteiger partial charge in [0.1, 0.15) is 11.6 Å². The second-order valence-electron chi connectivity index (χ2n) is 7.46. The van der Waals surface area contributed by atoms with E-state index in [9.17, 15) is 4.79 Å². The number of aryl methyl sites for hydroxylation is 1. The lowest BCUT2D eigenvalue weighted by Crippen LogP contribution is -2.20. The molecule has 1 aliphatic rings. The fourth-order valence-corrected chi connectivity index (χ4v) is 3.54. The monoisotopic (exact) mass is 375 g/mol. The molecule has 28 heavy (non-hydrogen) atoms. The van der Waals surface area contributed by atoms with Crippen LogP contribution in [0.25, 0.3) is 11.3 Å². The van der Waals surface area contributed by atoms with Crippen LogP contribution in [0.4, 0.5) is 5.69 Å². The number of imidazole rings is 1. The van der Waals surface area contributed by atoms with Gasteiger partial charge in [0, 0.05) is 24.2 Å². The standard InChI is InChI=1S/C23H25N3O2/c1-16(2)17-8-10-20(11-9-17)28-15-23(27)25-19-6-3-5-18(13-19)21-14-24-22-7-4-12-26(21)22/h3,5-6,8-11,13-14,16H,4,7,12,15H2,1-2H3,(H,25,27). The van der Waals surface area contributed by atoms with Crippen LogP contribution >= 0.6 is 0 Å². The summed E-state index contributed by atoms with van der Waals surface area (Å²) in [6, 6.07) is 15.7. The molecule has 2 aromatic carbocycles. The molecule has 1 aromatic heterocycles. The highest BCUT2D eigenvalue weighted by Crippen LogP contribution is 2.27. The Balaban J connectivity index is 1.38. The molecular formula is C23H25N3O2. The van der Waals surface area contributed by atoms with Crippen molar-refractivity contribution in [1.29, 1.82) is 0 Å². The van der Waals surface area contributed by atoms with Crippen LogP contribution in [0.1, 0.15) is 37.6 Å². The van der Waals surface area contributed by atoms with Gasteiger partial charge in [-0.05, 0) is 42.2 Å². The van der Waals surface area contributed by atoms with E-state index in [4.69, 9.17) is 4.74 Å². The van der Waals surface area contributed by atoms with Crippen LogP contribution in [-0.2, 0) is 17.8 Å². The summed E-state index contributed by atoms with van der Waals surface area (Å²) in [6.45, 7) is 5.28. The number of amides is 1. The molecule has 5 nitrogen and oxygen atoms in total. The summed E-state index contributed by atoms with van der Waals surface area (Å²) < 4.78 is 7.87. The fourth-order valence-electron chi connectivity index (χ4n) is 3.54. The number of anilines is 1. The predicted octanol–water partition coefficient (Wildman–Crippen LogP) is 4.64. The van der Waals surface area contributed by atoms with Crippen LogP contribution in [0.2, 0.25) is 0 Å². The molecule has 0 saturated heterocycles. The minimum Gasteiger partial charge on any atom is -0.484 e. The molecule has 144 valence electrons. The highest BCUT2D eigenvalue weighted by Gasteiger charge is 2.16. The zero-order valence-electron chi connectivity index (χ0n) is 16.3. The quantitative estimate of drug-likeness (QED) is 0.683. The Morgan fingerprint density at radius 2 is 2.04 bits per heavy atom. The summed E-state index contributed by atoms with van der Waals surface area (Å²) in [4.78, 5) is 16.8. The molecule has 1 aliphatic heterocycles. The van der Waals surface area contributed by atoms with E-state index in [2.05, 4.69) is 28.7 Å². The normalized spacial score (nSPS) is 12.8. The van der Waals surface area contributed by atoms with Crippen molar-refractivity contribution >= 4 is 11.6 Å². The van der Waals surface area contributed by atoms with E-state index in [0.29, 0.717) is 11.7 Å². The molecule has 0 unspecified atom stereocenters. The highest BCUT2D eigenvalue weighted by molar-refractivity contribution is 5.92. The van der Waals surface area contributed by atoms with Crippen molar-refractivity contribution in [1.82, 2.24) is 9.55 Å². The maximum absolute atomic E-state index is 12.3. The Hall–Kier alpha value is -3.08. The van der Waals surface area contributed by atoms with Crippen LogP contribution in [-0.4, -0.2) is 22.1 Å². The van der Waals surface area contributed by atoms with E-state index in [-0.39, 0.29) is 12.5 Å². The van der Waals surface area contributed by atoms with Gasteiger partial charge in [-0.1, -0.05) is 38.1 Å². The highest BCUT2D eigenvalue weighted by atomic mass is 16.5. The van der Waals surface area contributed by atoms with Crippen molar-refractivity contribution < 1.29 is 9.53 Å². The van der Waals surface area contributed by atoms with Crippen LogP contribution in [0.15, 0.2) is 54.7 Å². The van der Waals surface area contributed by atoms with Crippen molar-refractivity contribution in [3.05, 3.63) is 66.1 Å². The zero-order chi connectivity index (χ0) is 19.5. The summed E-state index contributed by atoms with van der Waals surface area (Å²) in [5.74, 6) is 2.13. The Bertz CT molecular complexity index is 974. The minimum absolute atomic E-state index is 0.0205. The summed E-state index contributed by atoms with van der Waals surface area (Å²) in [6.07, 6.45) is 4.09. The first kappa shape index (κ1) is 18.3. The Kier molecular flexibility index (Phi) is 5.15. The maximum atomic E-state index is 12.3. The number of carbonyl (C=O) groups is 1. The van der Waals surface area contributed by atoms with Crippen LogP contribution < -0.4 is 10.1 Å². The van der Waals surface area contributed by atoms with E-state index < -0.39 is 0 Å². The van der Waals surface area contributed by atoms with E-state index in [0.717, 1.165) is 42.2 Å². The lowest BCUT2D eigenvalue weighted by atomic mass is 10.0. The molecular weight excluding hydrogens is 350 g/mol. The number of rotatable bonds is 6. The number of carbonyl (C=O) groups excluding carboxylic acids is 1. The van der Waals surface area contributed by atoms with Gasteiger partial charge in [-0.25, -0.2) is 4.98 Å². The van der Waals surface area contributed by atoms with Crippen LogP contribution in [0.3, 0.4) is 0 Å². The zero-order valence-corrected chi connectivity index (χ0v) is 16.3. The third kappa shape index (κ3) is 3.93. The molecule has 5 heteroatoms. The number of nitrogens with one attached hydrogen (secondary N) is 1. The largest absolute Gasteiger partial charge is 0.484 e. The van der Waals surface area contributed by atoms with E-state index >= 15 is 0 Å². The van der Waals surface area contributed by atoms with Crippen molar-refractivity contribution in [2.24, 2.45) is 0 Å². The lowest BCUT2D eigenvalue weighted by Gasteiger charge is -2.11. The second-order valence-corrected chi connectivity index (χ2v) is 7.46. The van der Waals surface area contributed by atoms with Crippen molar-refractivity contribution in [3.63, 3.8) is 0 Å². The molecule has 0 spiro atoms. The molecule has 0 aliphatic carbocycles. The van der Waals surface area contributed by atoms with Crippen LogP contribution in [0.5, 0.6) is 5.75 Å². The van der Waals surface area contributed by atoms with Gasteiger partial charge in [0.2, 0.25) is 0 Å². The Morgan fingerprint density at radius 1 is 1.21 bits per heavy atom. The number of nitrogens with zero attached hydrogens (tertiary/aromatic N) is 2. The summed E-state index contributed by atoms with van der Waals surface area (Å²) >= 11 is 0. The average Bonchev–Trinajstić information content (AvgIpc) is 3.30. The molecule has 0 saturated carbocycles.